The number of para-hydroxylation sites is 1. The van der Waals surface area contributed by atoms with Crippen LogP contribution in [0.4, 0.5) is 0 Å². The highest BCUT2D eigenvalue weighted by atomic mass is 16.5. The maximum Gasteiger partial charge on any atom is 0.255 e. The van der Waals surface area contributed by atoms with E-state index in [0.29, 0.717) is 17.1 Å². The normalized spacial score (nSPS) is 10.3. The second-order valence-corrected chi connectivity index (χ2v) is 5.09. The largest absolute Gasteiger partial charge is 0.497 e. The summed E-state index contributed by atoms with van der Waals surface area (Å²) in [5.41, 5.74) is 1.22. The van der Waals surface area contributed by atoms with Gasteiger partial charge in [-0.15, -0.1) is 5.10 Å². The summed E-state index contributed by atoms with van der Waals surface area (Å²) in [5.74, 6) is 1.49. The molecule has 0 atom stereocenters. The van der Waals surface area contributed by atoms with Crippen molar-refractivity contribution >= 4 is 5.91 Å². The van der Waals surface area contributed by atoms with Crippen LogP contribution < -0.4 is 14.8 Å². The van der Waals surface area contributed by atoms with Crippen LogP contribution in [0.5, 0.6) is 11.5 Å². The minimum absolute atomic E-state index is 0.176. The topological polar surface area (TPSA) is 91.2 Å². The van der Waals surface area contributed by atoms with Crippen molar-refractivity contribution in [2.45, 2.75) is 6.54 Å². The Balaban J connectivity index is 1.74. The molecule has 0 bridgehead atoms. The summed E-state index contributed by atoms with van der Waals surface area (Å²) in [6.45, 7) is 0.176. The van der Waals surface area contributed by atoms with Crippen LogP contribution in [0, 0.1) is 0 Å². The van der Waals surface area contributed by atoms with Crippen LogP contribution in [-0.2, 0) is 6.54 Å². The number of nitrogens with zero attached hydrogens (tertiary/aromatic N) is 4. The first-order valence-electron chi connectivity index (χ1n) is 7.56. The van der Waals surface area contributed by atoms with Gasteiger partial charge in [-0.25, -0.2) is 0 Å². The minimum atomic E-state index is -0.262. The van der Waals surface area contributed by atoms with Gasteiger partial charge in [-0.05, 0) is 46.8 Å². The molecular formula is C17H17N5O3. The predicted molar refractivity (Wildman–Crippen MR) is 89.9 cm³/mol. The molecule has 8 nitrogen and oxygen atoms in total. The first kappa shape index (κ1) is 16.4. The average Bonchev–Trinajstić information content (AvgIpc) is 3.14. The first-order valence-corrected chi connectivity index (χ1v) is 7.56. The summed E-state index contributed by atoms with van der Waals surface area (Å²) in [4.78, 5) is 12.4. The molecule has 0 aliphatic heterocycles. The molecule has 2 aromatic carbocycles. The van der Waals surface area contributed by atoms with E-state index < -0.39 is 0 Å². The van der Waals surface area contributed by atoms with Crippen LogP contribution in [0.3, 0.4) is 0 Å². The molecule has 8 heteroatoms. The standard InChI is InChI=1S/C17H17N5O3/c1-24-13-9-7-12(8-10-13)22-16(19-20-21-22)11-18-17(23)14-5-3-4-6-15(14)25-2/h3-10H,11H2,1-2H3,(H,18,23). The van der Waals surface area contributed by atoms with Gasteiger partial charge in [-0.2, -0.15) is 4.68 Å². The molecule has 1 aromatic heterocycles. The van der Waals surface area contributed by atoms with Gasteiger partial charge < -0.3 is 14.8 Å². The molecule has 1 N–H and O–H groups in total. The second kappa shape index (κ2) is 7.43. The molecule has 0 saturated heterocycles. The number of rotatable bonds is 6. The molecule has 3 rings (SSSR count). The molecule has 0 spiro atoms. The molecule has 0 aliphatic carbocycles. The molecule has 0 saturated carbocycles. The summed E-state index contributed by atoms with van der Waals surface area (Å²) >= 11 is 0. The Bertz CT molecular complexity index is 861. The Morgan fingerprint density at radius 3 is 2.56 bits per heavy atom. The highest BCUT2D eigenvalue weighted by Crippen LogP contribution is 2.17. The van der Waals surface area contributed by atoms with E-state index in [1.165, 1.54) is 7.11 Å². The zero-order valence-electron chi connectivity index (χ0n) is 13.8. The van der Waals surface area contributed by atoms with Crippen molar-refractivity contribution in [3.05, 3.63) is 59.9 Å². The molecule has 0 unspecified atom stereocenters. The van der Waals surface area contributed by atoms with Crippen LogP contribution in [0.25, 0.3) is 5.69 Å². The van der Waals surface area contributed by atoms with E-state index in [4.69, 9.17) is 9.47 Å². The van der Waals surface area contributed by atoms with Crippen LogP contribution in [0.15, 0.2) is 48.5 Å². The van der Waals surface area contributed by atoms with Crippen LogP contribution in [0.2, 0.25) is 0 Å². The van der Waals surface area contributed by atoms with E-state index in [2.05, 4.69) is 20.8 Å². The van der Waals surface area contributed by atoms with Crippen LogP contribution >= 0.6 is 0 Å². The number of methoxy groups -OCH3 is 2. The molecule has 1 amide bonds. The molecule has 3 aromatic rings. The summed E-state index contributed by atoms with van der Waals surface area (Å²) in [7, 11) is 3.13. The molecule has 128 valence electrons. The fraction of sp³-hybridized carbons (Fsp3) is 0.176. The number of carbonyl (C=O) groups is 1. The van der Waals surface area contributed by atoms with Crippen LogP contribution in [0.1, 0.15) is 16.2 Å². The fourth-order valence-corrected chi connectivity index (χ4v) is 2.33. The summed E-state index contributed by atoms with van der Waals surface area (Å²) in [6.07, 6.45) is 0. The van der Waals surface area contributed by atoms with Gasteiger partial charge >= 0.3 is 0 Å². The van der Waals surface area contributed by atoms with E-state index >= 15 is 0 Å². The Labute approximate surface area is 144 Å². The number of aromatic nitrogens is 4. The summed E-state index contributed by atoms with van der Waals surface area (Å²) in [6, 6.07) is 14.3. The fourth-order valence-electron chi connectivity index (χ4n) is 2.33. The van der Waals surface area contributed by atoms with E-state index in [1.54, 1.807) is 36.1 Å². The third-order valence-electron chi connectivity index (χ3n) is 3.61. The molecule has 25 heavy (non-hydrogen) atoms. The van der Waals surface area contributed by atoms with E-state index in [-0.39, 0.29) is 12.5 Å². The Hall–Kier alpha value is -3.42. The Morgan fingerprint density at radius 2 is 1.84 bits per heavy atom. The van der Waals surface area contributed by atoms with E-state index in [1.807, 2.05) is 24.3 Å². The zero-order chi connectivity index (χ0) is 17.6. The molecular weight excluding hydrogens is 322 g/mol. The number of amides is 1. The quantitative estimate of drug-likeness (QED) is 0.734. The Kier molecular flexibility index (Phi) is 4.89. The first-order chi connectivity index (χ1) is 12.2. The van der Waals surface area contributed by atoms with Gasteiger partial charge in [0.25, 0.3) is 5.91 Å². The van der Waals surface area contributed by atoms with Crippen molar-refractivity contribution in [1.29, 1.82) is 0 Å². The maximum absolute atomic E-state index is 12.4. The number of ether oxygens (including phenoxy) is 2. The van der Waals surface area contributed by atoms with Crippen molar-refractivity contribution in [3.63, 3.8) is 0 Å². The van der Waals surface area contributed by atoms with Gasteiger partial charge in [0, 0.05) is 0 Å². The molecule has 0 fully saturated rings. The number of hydrogen-bond acceptors (Lipinski definition) is 6. The van der Waals surface area contributed by atoms with Gasteiger partial charge in [0.1, 0.15) is 11.5 Å². The van der Waals surface area contributed by atoms with Crippen molar-refractivity contribution in [3.8, 4) is 17.2 Å². The van der Waals surface area contributed by atoms with Gasteiger partial charge in [-0.3, -0.25) is 4.79 Å². The van der Waals surface area contributed by atoms with Gasteiger partial charge in [0.2, 0.25) is 0 Å². The van der Waals surface area contributed by atoms with Gasteiger partial charge in [-0.1, -0.05) is 12.1 Å². The number of carbonyl (C=O) groups excluding carboxylic acids is 1. The van der Waals surface area contributed by atoms with Crippen LogP contribution in [-0.4, -0.2) is 40.3 Å². The average molecular weight is 339 g/mol. The smallest absolute Gasteiger partial charge is 0.255 e. The van der Waals surface area contributed by atoms with Crippen molar-refractivity contribution in [2.75, 3.05) is 14.2 Å². The maximum atomic E-state index is 12.4. The molecule has 0 aliphatic rings. The van der Waals surface area contributed by atoms with E-state index in [0.717, 1.165) is 11.4 Å². The predicted octanol–water partition coefficient (Wildman–Crippen LogP) is 1.61. The third kappa shape index (κ3) is 3.57. The van der Waals surface area contributed by atoms with Gasteiger partial charge in [0.05, 0.1) is 32.0 Å². The lowest BCUT2D eigenvalue weighted by molar-refractivity contribution is 0.0946. The molecule has 1 heterocycles. The van der Waals surface area contributed by atoms with E-state index in [9.17, 15) is 4.79 Å². The second-order valence-electron chi connectivity index (χ2n) is 5.09. The number of nitrogens with one attached hydrogen (secondary N) is 1. The number of hydrogen-bond donors (Lipinski definition) is 1. The summed E-state index contributed by atoms with van der Waals surface area (Å²) in [5, 5.41) is 14.4. The van der Waals surface area contributed by atoms with Crippen molar-refractivity contribution in [1.82, 2.24) is 25.5 Å². The highest BCUT2D eigenvalue weighted by molar-refractivity contribution is 5.96. The van der Waals surface area contributed by atoms with Crippen molar-refractivity contribution < 1.29 is 14.3 Å². The van der Waals surface area contributed by atoms with Crippen molar-refractivity contribution in [2.24, 2.45) is 0 Å². The lowest BCUT2D eigenvalue weighted by Crippen LogP contribution is -2.25. The summed E-state index contributed by atoms with van der Waals surface area (Å²) < 4.78 is 11.9. The lowest BCUT2D eigenvalue weighted by atomic mass is 10.2. The van der Waals surface area contributed by atoms with Gasteiger partial charge in [0.15, 0.2) is 5.82 Å². The monoisotopic (exact) mass is 339 g/mol. The minimum Gasteiger partial charge on any atom is -0.497 e. The molecule has 0 radical (unpaired) electrons. The Morgan fingerprint density at radius 1 is 1.08 bits per heavy atom. The number of benzene rings is 2. The highest BCUT2D eigenvalue weighted by Gasteiger charge is 2.14. The third-order valence-corrected chi connectivity index (χ3v) is 3.61. The lowest BCUT2D eigenvalue weighted by Gasteiger charge is -2.09. The zero-order valence-corrected chi connectivity index (χ0v) is 13.8. The number of tetrazole rings is 1. The SMILES string of the molecule is COc1ccc(-n2nnnc2CNC(=O)c2ccccc2OC)cc1.